The van der Waals surface area contributed by atoms with E-state index in [0.717, 1.165) is 31.8 Å². The number of carbonyl (C=O) groups is 1. The average molecular weight is 614 g/mol. The van der Waals surface area contributed by atoms with Crippen molar-refractivity contribution in [2.75, 3.05) is 13.1 Å². The Morgan fingerprint density at radius 3 is 1.50 bits per heavy atom. The summed E-state index contributed by atoms with van der Waals surface area (Å²) in [4.78, 5) is 19.5. The number of aliphatic imine (C=N–C) groups is 1. The molecule has 0 bridgehead atoms. The van der Waals surface area contributed by atoms with Gasteiger partial charge in [0, 0.05) is 13.0 Å². The molecule has 0 aromatic carbocycles. The van der Waals surface area contributed by atoms with E-state index in [2.05, 4.69) is 49.2 Å². The Morgan fingerprint density at radius 2 is 1.05 bits per heavy atom. The standard InChI is InChI=1S/C40H75N3O/c1-4-6-8-10-12-14-16-18-20-22-24-26-28-30-32-34-39-41-36-37-43(39)38(3)42-40(44)35-33-31-29-27-25-23-21-19-17-15-13-11-9-7-5-2/h30,32-33,35,38H,4-29,31,34,36-37H2,1-3H3,(H,42,44). The van der Waals surface area contributed by atoms with Gasteiger partial charge in [-0.2, -0.15) is 0 Å². The van der Waals surface area contributed by atoms with Crippen LogP contribution in [0.25, 0.3) is 0 Å². The Labute approximate surface area is 275 Å². The van der Waals surface area contributed by atoms with Crippen LogP contribution < -0.4 is 5.32 Å². The zero-order valence-electron chi connectivity index (χ0n) is 29.9. The Bertz CT molecular complexity index is 728. The summed E-state index contributed by atoms with van der Waals surface area (Å²) in [6.45, 7) is 8.38. The van der Waals surface area contributed by atoms with E-state index in [1.807, 2.05) is 0 Å². The summed E-state index contributed by atoms with van der Waals surface area (Å²) in [5.41, 5.74) is 0. The molecule has 1 atom stereocenters. The van der Waals surface area contributed by atoms with Gasteiger partial charge in [0.05, 0.1) is 12.7 Å². The lowest BCUT2D eigenvalue weighted by atomic mass is 10.0. The van der Waals surface area contributed by atoms with E-state index in [1.54, 1.807) is 6.08 Å². The molecule has 0 saturated heterocycles. The molecule has 0 aliphatic carbocycles. The number of carbonyl (C=O) groups excluding carboxylic acids is 1. The van der Waals surface area contributed by atoms with Crippen molar-refractivity contribution in [3.63, 3.8) is 0 Å². The van der Waals surface area contributed by atoms with E-state index >= 15 is 0 Å². The third-order valence-corrected chi connectivity index (χ3v) is 9.22. The molecule has 1 rings (SSSR count). The van der Waals surface area contributed by atoms with Gasteiger partial charge < -0.3 is 10.2 Å². The molecule has 0 aromatic rings. The number of rotatable bonds is 32. The van der Waals surface area contributed by atoms with Crippen LogP contribution in [0.2, 0.25) is 0 Å². The van der Waals surface area contributed by atoms with E-state index in [0.29, 0.717) is 0 Å². The van der Waals surface area contributed by atoms with Crippen LogP contribution in [0.4, 0.5) is 0 Å². The molecule has 1 amide bonds. The van der Waals surface area contributed by atoms with Gasteiger partial charge in [-0.05, 0) is 38.7 Å². The second-order valence-corrected chi connectivity index (χ2v) is 13.5. The van der Waals surface area contributed by atoms with Crippen LogP contribution in [-0.2, 0) is 4.79 Å². The second-order valence-electron chi connectivity index (χ2n) is 13.5. The van der Waals surface area contributed by atoms with Gasteiger partial charge in [-0.3, -0.25) is 9.79 Å². The number of nitrogens with one attached hydrogen (secondary N) is 1. The molecular formula is C40H75N3O. The molecule has 0 aromatic heterocycles. The summed E-state index contributed by atoms with van der Waals surface area (Å²) in [5, 5.41) is 3.15. The molecule has 44 heavy (non-hydrogen) atoms. The third kappa shape index (κ3) is 24.7. The maximum Gasteiger partial charge on any atom is 0.245 e. The van der Waals surface area contributed by atoms with Gasteiger partial charge in [0.15, 0.2) is 0 Å². The van der Waals surface area contributed by atoms with Crippen molar-refractivity contribution in [1.82, 2.24) is 10.2 Å². The molecule has 256 valence electrons. The number of amides is 1. The Balaban J connectivity index is 1.99. The van der Waals surface area contributed by atoms with E-state index < -0.39 is 0 Å². The lowest BCUT2D eigenvalue weighted by Crippen LogP contribution is -2.47. The van der Waals surface area contributed by atoms with Gasteiger partial charge >= 0.3 is 0 Å². The number of amidine groups is 1. The summed E-state index contributed by atoms with van der Waals surface area (Å²) in [7, 11) is 0. The second kappa shape index (κ2) is 31.4. The zero-order valence-corrected chi connectivity index (χ0v) is 29.9. The molecule has 0 fully saturated rings. The van der Waals surface area contributed by atoms with E-state index in [1.165, 1.54) is 167 Å². The molecule has 1 N–H and O–H groups in total. The first-order chi connectivity index (χ1) is 21.7. The predicted octanol–water partition coefficient (Wildman–Crippen LogP) is 12.2. The Morgan fingerprint density at radius 1 is 0.636 bits per heavy atom. The largest absolute Gasteiger partial charge is 0.338 e. The van der Waals surface area contributed by atoms with Gasteiger partial charge in [-0.25, -0.2) is 0 Å². The summed E-state index contributed by atoms with van der Waals surface area (Å²) < 4.78 is 0. The first-order valence-corrected chi connectivity index (χ1v) is 19.6. The maximum absolute atomic E-state index is 12.5. The topological polar surface area (TPSA) is 44.7 Å². The predicted molar refractivity (Wildman–Crippen MR) is 196 cm³/mol. The van der Waals surface area contributed by atoms with Crippen LogP contribution in [0.3, 0.4) is 0 Å². The van der Waals surface area contributed by atoms with Gasteiger partial charge in [-0.1, -0.05) is 180 Å². The fourth-order valence-corrected chi connectivity index (χ4v) is 6.32. The summed E-state index contributed by atoms with van der Waals surface area (Å²) in [6, 6.07) is 0. The van der Waals surface area contributed by atoms with Gasteiger partial charge in [0.1, 0.15) is 5.84 Å². The minimum atomic E-state index is -0.0190. The molecule has 0 radical (unpaired) electrons. The van der Waals surface area contributed by atoms with Crippen molar-refractivity contribution >= 4 is 11.7 Å². The molecular weight excluding hydrogens is 538 g/mol. The van der Waals surface area contributed by atoms with Crippen LogP contribution in [-0.4, -0.2) is 35.9 Å². The Kier molecular flexibility index (Phi) is 28.9. The van der Waals surface area contributed by atoms with Crippen LogP contribution in [0.1, 0.15) is 201 Å². The van der Waals surface area contributed by atoms with Crippen molar-refractivity contribution in [1.29, 1.82) is 0 Å². The quantitative estimate of drug-likeness (QED) is 0.0466. The summed E-state index contributed by atoms with van der Waals surface area (Å²) in [6.07, 6.45) is 46.1. The smallest absolute Gasteiger partial charge is 0.245 e. The minimum Gasteiger partial charge on any atom is -0.338 e. The van der Waals surface area contributed by atoms with Crippen LogP contribution >= 0.6 is 0 Å². The Hall–Kier alpha value is -1.58. The number of hydrogen-bond acceptors (Lipinski definition) is 3. The third-order valence-electron chi connectivity index (χ3n) is 9.22. The zero-order chi connectivity index (χ0) is 31.8. The monoisotopic (exact) mass is 614 g/mol. The fourth-order valence-electron chi connectivity index (χ4n) is 6.32. The molecule has 0 spiro atoms. The number of nitrogens with zero attached hydrogens (tertiary/aromatic N) is 2. The molecule has 4 heteroatoms. The number of unbranched alkanes of at least 4 members (excludes halogenated alkanes) is 25. The highest BCUT2D eigenvalue weighted by molar-refractivity contribution is 5.89. The SMILES string of the molecule is CCCCCCCCCCCCCCC=CCC1=NCCN1C(C)NC(=O)C=CCCCCCCCCCCCCCCC. The lowest BCUT2D eigenvalue weighted by Gasteiger charge is -2.27. The van der Waals surface area contributed by atoms with Gasteiger partial charge in [0.25, 0.3) is 0 Å². The fraction of sp³-hybridized carbons (Fsp3) is 0.850. The summed E-state index contributed by atoms with van der Waals surface area (Å²) >= 11 is 0. The van der Waals surface area contributed by atoms with Crippen molar-refractivity contribution in [2.24, 2.45) is 4.99 Å². The minimum absolute atomic E-state index is 0.0148. The van der Waals surface area contributed by atoms with Crippen molar-refractivity contribution in [3.05, 3.63) is 24.3 Å². The summed E-state index contributed by atoms with van der Waals surface area (Å²) in [5.74, 6) is 1.13. The van der Waals surface area contributed by atoms with Crippen LogP contribution in [0.15, 0.2) is 29.3 Å². The molecule has 1 heterocycles. The first kappa shape index (κ1) is 40.4. The van der Waals surface area contributed by atoms with Crippen LogP contribution in [0.5, 0.6) is 0 Å². The first-order valence-electron chi connectivity index (χ1n) is 19.6. The highest BCUT2D eigenvalue weighted by Gasteiger charge is 2.21. The number of hydrogen-bond donors (Lipinski definition) is 1. The molecule has 1 unspecified atom stereocenters. The van der Waals surface area contributed by atoms with Crippen LogP contribution in [0, 0.1) is 0 Å². The van der Waals surface area contributed by atoms with Gasteiger partial charge in [-0.15, -0.1) is 0 Å². The number of allylic oxidation sites excluding steroid dienone is 2. The normalized spacial score (nSPS) is 14.2. The maximum atomic E-state index is 12.5. The van der Waals surface area contributed by atoms with E-state index in [4.69, 9.17) is 4.99 Å². The molecule has 4 nitrogen and oxygen atoms in total. The van der Waals surface area contributed by atoms with E-state index in [9.17, 15) is 4.79 Å². The average Bonchev–Trinajstić information content (AvgIpc) is 3.50. The highest BCUT2D eigenvalue weighted by Crippen LogP contribution is 2.15. The lowest BCUT2D eigenvalue weighted by molar-refractivity contribution is -0.117. The molecule has 0 saturated carbocycles. The van der Waals surface area contributed by atoms with Gasteiger partial charge in [0.2, 0.25) is 5.91 Å². The molecule has 1 aliphatic rings. The highest BCUT2D eigenvalue weighted by atomic mass is 16.1. The van der Waals surface area contributed by atoms with Crippen molar-refractivity contribution in [3.8, 4) is 0 Å². The van der Waals surface area contributed by atoms with Crippen molar-refractivity contribution in [2.45, 2.75) is 207 Å². The molecule has 1 aliphatic heterocycles. The van der Waals surface area contributed by atoms with E-state index in [-0.39, 0.29) is 12.1 Å². The van der Waals surface area contributed by atoms with Crippen molar-refractivity contribution < 1.29 is 4.79 Å².